The van der Waals surface area contributed by atoms with Crippen LogP contribution in [0.5, 0.6) is 5.75 Å². The fourth-order valence-corrected chi connectivity index (χ4v) is 3.39. The van der Waals surface area contributed by atoms with E-state index in [-0.39, 0.29) is 24.1 Å². The van der Waals surface area contributed by atoms with Gasteiger partial charge in [0.1, 0.15) is 11.6 Å². The molecule has 1 aliphatic heterocycles. The lowest BCUT2D eigenvalue weighted by atomic mass is 9.93. The van der Waals surface area contributed by atoms with E-state index in [0.29, 0.717) is 36.4 Å². The Balaban J connectivity index is 1.83. The first-order valence-corrected chi connectivity index (χ1v) is 9.13. The summed E-state index contributed by atoms with van der Waals surface area (Å²) in [4.78, 5) is 25.7. The van der Waals surface area contributed by atoms with Crippen LogP contribution in [-0.4, -0.2) is 36.0 Å². The number of hydrogen-bond acceptors (Lipinski definition) is 4. The van der Waals surface area contributed by atoms with Crippen LogP contribution in [-0.2, 0) is 11.2 Å². The summed E-state index contributed by atoms with van der Waals surface area (Å²) < 4.78 is 5.66. The molecule has 2 aromatic carbocycles. The number of nitrogens with two attached hydrogens (primary N) is 1. The average molecular weight is 381 g/mol. The number of amidine groups is 1. The molecule has 0 saturated heterocycles. The summed E-state index contributed by atoms with van der Waals surface area (Å²) in [6.45, 7) is 2.74. The van der Waals surface area contributed by atoms with Crippen LogP contribution in [0, 0.1) is 11.3 Å². The van der Waals surface area contributed by atoms with E-state index in [0.717, 1.165) is 11.3 Å². The first kappa shape index (κ1) is 19.4. The molecule has 3 rings (SSSR count). The maximum Gasteiger partial charge on any atom is 0.303 e. The summed E-state index contributed by atoms with van der Waals surface area (Å²) in [6.07, 6.45) is 0.614. The van der Waals surface area contributed by atoms with E-state index in [1.54, 1.807) is 47.4 Å². The highest BCUT2D eigenvalue weighted by molar-refractivity contribution is 6.06. The van der Waals surface area contributed by atoms with E-state index in [1.165, 1.54) is 0 Å². The minimum absolute atomic E-state index is 0.0217. The number of fused-ring (bicyclic) bond motifs is 1. The zero-order chi connectivity index (χ0) is 20.3. The molecule has 0 aromatic heterocycles. The number of nitrogens with zero attached hydrogens (tertiary/aromatic N) is 1. The summed E-state index contributed by atoms with van der Waals surface area (Å²) in [5, 5.41) is 16.5. The standard InChI is InChI=1S/C21H23N3O4/c1-2-24(17-6-3-14(4-7-17)20(22)23)21(27)15-5-8-18-16(11-15)9-13(12-28-18)10-19(25)26/h3-8,11,13H,2,9-10,12H2,1H3,(H3,22,23)(H,25,26). The molecule has 4 N–H and O–H groups in total. The number of nitrogens with one attached hydrogen (secondary N) is 1. The summed E-state index contributed by atoms with van der Waals surface area (Å²) in [6, 6.07) is 12.2. The molecule has 0 spiro atoms. The molecule has 0 aliphatic carbocycles. The lowest BCUT2D eigenvalue weighted by Gasteiger charge is -2.26. The molecule has 0 bridgehead atoms. The van der Waals surface area contributed by atoms with Crippen LogP contribution in [0.15, 0.2) is 42.5 Å². The van der Waals surface area contributed by atoms with Crippen LogP contribution in [0.1, 0.15) is 34.8 Å². The van der Waals surface area contributed by atoms with Crippen molar-refractivity contribution in [3.63, 3.8) is 0 Å². The topological polar surface area (TPSA) is 117 Å². The van der Waals surface area contributed by atoms with Gasteiger partial charge in [0.05, 0.1) is 13.0 Å². The Morgan fingerprint density at radius 1 is 1.21 bits per heavy atom. The Kier molecular flexibility index (Phi) is 5.63. The van der Waals surface area contributed by atoms with Gasteiger partial charge in [-0.25, -0.2) is 0 Å². The second-order valence-electron chi connectivity index (χ2n) is 6.81. The summed E-state index contributed by atoms with van der Waals surface area (Å²) in [7, 11) is 0. The third-order valence-corrected chi connectivity index (χ3v) is 4.81. The largest absolute Gasteiger partial charge is 0.493 e. The normalized spacial score (nSPS) is 15.2. The number of carboxylic acid groups (broad SMARTS) is 1. The highest BCUT2D eigenvalue weighted by atomic mass is 16.5. The van der Waals surface area contributed by atoms with Crippen LogP contribution in [0.3, 0.4) is 0 Å². The molecule has 7 nitrogen and oxygen atoms in total. The number of carboxylic acids is 1. The van der Waals surface area contributed by atoms with Gasteiger partial charge in [0.2, 0.25) is 0 Å². The van der Waals surface area contributed by atoms with Crippen LogP contribution >= 0.6 is 0 Å². The third kappa shape index (κ3) is 4.14. The van der Waals surface area contributed by atoms with Crippen molar-refractivity contribution >= 4 is 23.4 Å². The minimum atomic E-state index is -0.851. The first-order valence-electron chi connectivity index (χ1n) is 9.13. The quantitative estimate of drug-likeness (QED) is 0.525. The molecule has 1 unspecified atom stereocenters. The van der Waals surface area contributed by atoms with E-state index < -0.39 is 5.97 Å². The number of benzene rings is 2. The van der Waals surface area contributed by atoms with Gasteiger partial charge in [0.15, 0.2) is 0 Å². The smallest absolute Gasteiger partial charge is 0.303 e. The maximum absolute atomic E-state index is 13.1. The fraction of sp³-hybridized carbons (Fsp3) is 0.286. The van der Waals surface area contributed by atoms with Crippen LogP contribution in [0.4, 0.5) is 5.69 Å². The number of ether oxygens (including phenoxy) is 1. The van der Waals surface area contributed by atoms with Crippen molar-refractivity contribution < 1.29 is 19.4 Å². The van der Waals surface area contributed by atoms with E-state index >= 15 is 0 Å². The average Bonchev–Trinajstić information content (AvgIpc) is 2.67. The molecule has 1 heterocycles. The number of rotatable bonds is 6. The van der Waals surface area contributed by atoms with E-state index in [4.69, 9.17) is 21.0 Å². The van der Waals surface area contributed by atoms with E-state index in [9.17, 15) is 9.59 Å². The van der Waals surface area contributed by atoms with Crippen molar-refractivity contribution in [1.82, 2.24) is 0 Å². The Bertz CT molecular complexity index is 908. The molecule has 0 saturated carbocycles. The van der Waals surface area contributed by atoms with Crippen LogP contribution in [0.2, 0.25) is 0 Å². The molecule has 1 atom stereocenters. The number of carbonyl (C=O) groups excluding carboxylic acids is 1. The molecular weight excluding hydrogens is 358 g/mol. The molecule has 2 aromatic rings. The molecule has 1 amide bonds. The van der Waals surface area contributed by atoms with E-state index in [1.807, 2.05) is 6.92 Å². The lowest BCUT2D eigenvalue weighted by molar-refractivity contribution is -0.138. The highest BCUT2D eigenvalue weighted by Gasteiger charge is 2.24. The third-order valence-electron chi connectivity index (χ3n) is 4.81. The molecule has 146 valence electrons. The van der Waals surface area contributed by atoms with Crippen LogP contribution in [0.25, 0.3) is 0 Å². The van der Waals surface area contributed by atoms with Gasteiger partial charge in [-0.05, 0) is 61.4 Å². The van der Waals surface area contributed by atoms with Gasteiger partial charge in [0.25, 0.3) is 5.91 Å². The molecule has 7 heteroatoms. The van der Waals surface area contributed by atoms with Crippen molar-refractivity contribution in [3.05, 3.63) is 59.2 Å². The Labute approximate surface area is 163 Å². The van der Waals surface area contributed by atoms with Crippen molar-refractivity contribution in [1.29, 1.82) is 5.41 Å². The maximum atomic E-state index is 13.1. The second-order valence-corrected chi connectivity index (χ2v) is 6.81. The second kappa shape index (κ2) is 8.12. The lowest BCUT2D eigenvalue weighted by Crippen LogP contribution is -2.31. The van der Waals surface area contributed by atoms with Crippen molar-refractivity contribution in [2.75, 3.05) is 18.1 Å². The molecule has 1 aliphatic rings. The van der Waals surface area contributed by atoms with Gasteiger partial charge in [-0.1, -0.05) is 0 Å². The number of anilines is 1. The molecule has 0 radical (unpaired) electrons. The van der Waals surface area contributed by atoms with Crippen LogP contribution < -0.4 is 15.4 Å². The number of nitrogen functional groups attached to an aromatic ring is 1. The van der Waals surface area contributed by atoms with Gasteiger partial charge >= 0.3 is 5.97 Å². The predicted molar refractivity (Wildman–Crippen MR) is 106 cm³/mol. The zero-order valence-corrected chi connectivity index (χ0v) is 15.6. The van der Waals surface area contributed by atoms with Gasteiger partial charge in [0, 0.05) is 29.3 Å². The first-order chi connectivity index (χ1) is 13.4. The Morgan fingerprint density at radius 3 is 2.50 bits per heavy atom. The van der Waals surface area contributed by atoms with Gasteiger partial charge < -0.3 is 20.5 Å². The van der Waals surface area contributed by atoms with Crippen molar-refractivity contribution in [3.8, 4) is 5.75 Å². The number of carbonyl (C=O) groups is 2. The van der Waals surface area contributed by atoms with E-state index in [2.05, 4.69) is 0 Å². The minimum Gasteiger partial charge on any atom is -0.493 e. The number of amides is 1. The SMILES string of the molecule is CCN(C(=O)c1ccc2c(c1)CC(CC(=O)O)CO2)c1ccc(C(=N)N)cc1. The number of hydrogen-bond donors (Lipinski definition) is 3. The van der Waals surface area contributed by atoms with Gasteiger partial charge in [-0.2, -0.15) is 0 Å². The summed E-state index contributed by atoms with van der Waals surface area (Å²) in [5.41, 5.74) is 8.18. The summed E-state index contributed by atoms with van der Waals surface area (Å²) >= 11 is 0. The molecular formula is C21H23N3O4. The Morgan fingerprint density at radius 2 is 1.89 bits per heavy atom. The zero-order valence-electron chi connectivity index (χ0n) is 15.6. The monoisotopic (exact) mass is 381 g/mol. The molecule has 28 heavy (non-hydrogen) atoms. The van der Waals surface area contributed by atoms with Crippen molar-refractivity contribution in [2.24, 2.45) is 11.7 Å². The number of aliphatic carboxylic acids is 1. The van der Waals surface area contributed by atoms with Gasteiger partial charge in [-0.3, -0.25) is 15.0 Å². The fourth-order valence-electron chi connectivity index (χ4n) is 3.39. The Hall–Kier alpha value is -3.35. The summed E-state index contributed by atoms with van der Waals surface area (Å²) in [5.74, 6) is -0.424. The highest BCUT2D eigenvalue weighted by Crippen LogP contribution is 2.30. The predicted octanol–water partition coefficient (Wildman–Crippen LogP) is 2.66. The van der Waals surface area contributed by atoms with Gasteiger partial charge in [-0.15, -0.1) is 0 Å². The molecule has 0 fully saturated rings. The van der Waals surface area contributed by atoms with Crippen molar-refractivity contribution in [2.45, 2.75) is 19.8 Å².